The summed E-state index contributed by atoms with van der Waals surface area (Å²) in [7, 11) is 0. The normalized spacial score (nSPS) is 14.4. The second-order valence-electron chi connectivity index (χ2n) is 5.71. The predicted octanol–water partition coefficient (Wildman–Crippen LogP) is 1.78. The van der Waals surface area contributed by atoms with Crippen LogP contribution in [0.3, 0.4) is 0 Å². The molecule has 0 aromatic heterocycles. The van der Waals surface area contributed by atoms with E-state index in [4.69, 9.17) is 4.74 Å². The monoisotopic (exact) mass is 339 g/mol. The van der Waals surface area contributed by atoms with Gasteiger partial charge < -0.3 is 9.84 Å². The summed E-state index contributed by atoms with van der Waals surface area (Å²) < 4.78 is 5.17. The fourth-order valence-corrected chi connectivity index (χ4v) is 2.77. The third-order valence-electron chi connectivity index (χ3n) is 4.05. The van der Waals surface area contributed by atoms with Crippen LogP contribution in [0.2, 0.25) is 0 Å². The van der Waals surface area contributed by atoms with E-state index in [9.17, 15) is 19.5 Å². The lowest BCUT2D eigenvalue weighted by Gasteiger charge is -2.23. The molecule has 6 heteroatoms. The average Bonchev–Trinajstić information content (AvgIpc) is 2.90. The van der Waals surface area contributed by atoms with Gasteiger partial charge in [-0.1, -0.05) is 42.5 Å². The molecular formula is C19H17NO5. The molecule has 0 saturated carbocycles. The van der Waals surface area contributed by atoms with Crippen molar-refractivity contribution >= 4 is 17.8 Å². The smallest absolute Gasteiger partial charge is 0.308 e. The Morgan fingerprint density at radius 3 is 2.08 bits per heavy atom. The molecule has 1 heterocycles. The number of imide groups is 1. The maximum atomic E-state index is 12.4. The van der Waals surface area contributed by atoms with Crippen LogP contribution in [0, 0.1) is 0 Å². The first-order chi connectivity index (χ1) is 12.1. The highest BCUT2D eigenvalue weighted by Crippen LogP contribution is 2.25. The summed E-state index contributed by atoms with van der Waals surface area (Å²) in [5.74, 6) is -1.59. The summed E-state index contributed by atoms with van der Waals surface area (Å²) in [6.07, 6.45) is -0.255. The second kappa shape index (κ2) is 7.27. The van der Waals surface area contributed by atoms with Gasteiger partial charge in [-0.2, -0.15) is 0 Å². The minimum Gasteiger partial charge on any atom is -0.461 e. The van der Waals surface area contributed by atoms with E-state index < -0.39 is 30.4 Å². The third kappa shape index (κ3) is 3.44. The Morgan fingerprint density at radius 2 is 1.52 bits per heavy atom. The number of esters is 1. The Kier molecular flexibility index (Phi) is 4.90. The van der Waals surface area contributed by atoms with Crippen molar-refractivity contribution in [3.63, 3.8) is 0 Å². The molecular weight excluding hydrogens is 322 g/mol. The van der Waals surface area contributed by atoms with Gasteiger partial charge in [-0.05, 0) is 17.7 Å². The zero-order chi connectivity index (χ0) is 17.8. The molecule has 1 atom stereocenters. The number of rotatable bonds is 6. The topological polar surface area (TPSA) is 83.9 Å². The van der Waals surface area contributed by atoms with Gasteiger partial charge in [-0.3, -0.25) is 19.3 Å². The quantitative estimate of drug-likeness (QED) is 0.641. The van der Waals surface area contributed by atoms with Crippen molar-refractivity contribution in [1.82, 2.24) is 4.90 Å². The van der Waals surface area contributed by atoms with Crippen LogP contribution < -0.4 is 0 Å². The standard InChI is InChI=1S/C19H17NO5/c21-11-14(10-17(22)25-12-13-6-2-1-3-7-13)20-18(23)15-8-4-5-9-16(15)19(20)24/h1-9,14,21H,10-12H2. The Hall–Kier alpha value is -2.99. The SMILES string of the molecule is O=C(CC(CO)N1C(=O)c2ccccc2C1=O)OCc1ccccc1. The van der Waals surface area contributed by atoms with E-state index >= 15 is 0 Å². The Balaban J connectivity index is 1.66. The van der Waals surface area contributed by atoms with Crippen molar-refractivity contribution in [2.75, 3.05) is 6.61 Å². The van der Waals surface area contributed by atoms with Crippen LogP contribution in [-0.2, 0) is 16.1 Å². The molecule has 0 bridgehead atoms. The first kappa shape index (κ1) is 16.9. The van der Waals surface area contributed by atoms with E-state index in [1.54, 1.807) is 24.3 Å². The zero-order valence-electron chi connectivity index (χ0n) is 13.4. The molecule has 0 spiro atoms. The van der Waals surface area contributed by atoms with E-state index in [2.05, 4.69) is 0 Å². The number of carbonyl (C=O) groups excluding carboxylic acids is 3. The number of benzene rings is 2. The first-order valence-electron chi connectivity index (χ1n) is 7.89. The van der Waals surface area contributed by atoms with E-state index in [1.165, 1.54) is 0 Å². The second-order valence-corrected chi connectivity index (χ2v) is 5.71. The molecule has 1 aliphatic rings. The minimum absolute atomic E-state index is 0.0972. The van der Waals surface area contributed by atoms with Crippen molar-refractivity contribution in [2.24, 2.45) is 0 Å². The lowest BCUT2D eigenvalue weighted by molar-refractivity contribution is -0.146. The summed E-state index contributed by atoms with van der Waals surface area (Å²) >= 11 is 0. The number of amides is 2. The highest BCUT2D eigenvalue weighted by Gasteiger charge is 2.40. The number of fused-ring (bicyclic) bond motifs is 1. The molecule has 2 amide bonds. The van der Waals surface area contributed by atoms with Gasteiger partial charge in [0.2, 0.25) is 0 Å². The van der Waals surface area contributed by atoms with E-state index in [-0.39, 0.29) is 24.2 Å². The van der Waals surface area contributed by atoms with Crippen LogP contribution in [0.15, 0.2) is 54.6 Å². The highest BCUT2D eigenvalue weighted by molar-refractivity contribution is 6.21. The number of hydrogen-bond acceptors (Lipinski definition) is 5. The lowest BCUT2D eigenvalue weighted by Crippen LogP contribution is -2.43. The van der Waals surface area contributed by atoms with Crippen LogP contribution in [0.25, 0.3) is 0 Å². The van der Waals surface area contributed by atoms with Crippen molar-refractivity contribution in [1.29, 1.82) is 0 Å². The average molecular weight is 339 g/mol. The maximum Gasteiger partial charge on any atom is 0.308 e. The Bertz CT molecular complexity index is 767. The minimum atomic E-state index is -0.948. The lowest BCUT2D eigenvalue weighted by atomic mass is 10.1. The third-order valence-corrected chi connectivity index (χ3v) is 4.05. The molecule has 0 fully saturated rings. The maximum absolute atomic E-state index is 12.4. The van der Waals surface area contributed by atoms with Crippen LogP contribution in [0.4, 0.5) is 0 Å². The molecule has 1 aliphatic heterocycles. The Morgan fingerprint density at radius 1 is 0.960 bits per heavy atom. The first-order valence-corrected chi connectivity index (χ1v) is 7.89. The van der Waals surface area contributed by atoms with Gasteiger partial charge in [0, 0.05) is 0 Å². The number of hydrogen-bond donors (Lipinski definition) is 1. The molecule has 25 heavy (non-hydrogen) atoms. The molecule has 0 radical (unpaired) electrons. The highest BCUT2D eigenvalue weighted by atomic mass is 16.5. The van der Waals surface area contributed by atoms with Gasteiger partial charge in [0.15, 0.2) is 0 Å². The fraction of sp³-hybridized carbons (Fsp3) is 0.211. The molecule has 0 aliphatic carbocycles. The van der Waals surface area contributed by atoms with Crippen LogP contribution in [-0.4, -0.2) is 40.4 Å². The zero-order valence-corrected chi connectivity index (χ0v) is 13.4. The fourth-order valence-electron chi connectivity index (χ4n) is 2.77. The molecule has 3 rings (SSSR count). The predicted molar refractivity (Wildman–Crippen MR) is 88.7 cm³/mol. The van der Waals surface area contributed by atoms with Gasteiger partial charge >= 0.3 is 5.97 Å². The molecule has 1 N–H and O–H groups in total. The number of aliphatic hydroxyl groups is 1. The molecule has 2 aromatic carbocycles. The number of carbonyl (C=O) groups is 3. The van der Waals surface area contributed by atoms with Gasteiger partial charge in [-0.15, -0.1) is 0 Å². The summed E-state index contributed by atoms with van der Waals surface area (Å²) in [5, 5.41) is 9.58. The van der Waals surface area contributed by atoms with E-state index in [1.807, 2.05) is 30.3 Å². The molecule has 128 valence electrons. The molecule has 2 aromatic rings. The molecule has 0 saturated heterocycles. The number of nitrogens with zero attached hydrogens (tertiary/aromatic N) is 1. The van der Waals surface area contributed by atoms with Crippen LogP contribution >= 0.6 is 0 Å². The van der Waals surface area contributed by atoms with Gasteiger partial charge in [0.1, 0.15) is 6.61 Å². The summed E-state index contributed by atoms with van der Waals surface area (Å²) in [4.78, 5) is 37.8. The van der Waals surface area contributed by atoms with Crippen molar-refractivity contribution < 1.29 is 24.2 Å². The summed E-state index contributed by atoms with van der Waals surface area (Å²) in [6, 6.07) is 14.6. The summed E-state index contributed by atoms with van der Waals surface area (Å²) in [5.41, 5.74) is 1.39. The van der Waals surface area contributed by atoms with E-state index in [0.717, 1.165) is 10.5 Å². The van der Waals surface area contributed by atoms with Crippen molar-refractivity contribution in [2.45, 2.75) is 19.1 Å². The number of aliphatic hydroxyl groups excluding tert-OH is 1. The van der Waals surface area contributed by atoms with E-state index in [0.29, 0.717) is 0 Å². The van der Waals surface area contributed by atoms with Gasteiger partial charge in [0.05, 0.1) is 30.2 Å². The summed E-state index contributed by atoms with van der Waals surface area (Å²) in [6.45, 7) is -0.411. The van der Waals surface area contributed by atoms with Gasteiger partial charge in [0.25, 0.3) is 11.8 Å². The van der Waals surface area contributed by atoms with Crippen LogP contribution in [0.1, 0.15) is 32.7 Å². The van der Waals surface area contributed by atoms with Crippen LogP contribution in [0.5, 0.6) is 0 Å². The number of ether oxygens (including phenoxy) is 1. The molecule has 1 unspecified atom stereocenters. The van der Waals surface area contributed by atoms with Crippen molar-refractivity contribution in [3.8, 4) is 0 Å². The largest absolute Gasteiger partial charge is 0.461 e. The Labute approximate surface area is 144 Å². The van der Waals surface area contributed by atoms with Gasteiger partial charge in [-0.25, -0.2) is 0 Å². The molecule has 6 nitrogen and oxygen atoms in total. The van der Waals surface area contributed by atoms with Crippen molar-refractivity contribution in [3.05, 3.63) is 71.3 Å².